The molecule has 0 aliphatic carbocycles. The maximum atomic E-state index is 4.21. The molecule has 0 radical (unpaired) electrons. The third-order valence-corrected chi connectivity index (χ3v) is 1.85. The molecule has 0 aromatic carbocycles. The minimum absolute atomic E-state index is 0.275. The van der Waals surface area contributed by atoms with E-state index in [0.717, 1.165) is 0 Å². The molecule has 66 valence electrons. The Bertz CT molecular complexity index is 218. The number of hydrogen-bond donors (Lipinski definition) is 0. The van der Waals surface area contributed by atoms with Crippen LogP contribution in [0.3, 0.4) is 0 Å². The summed E-state index contributed by atoms with van der Waals surface area (Å²) in [7, 11) is 2.03. The monoisotopic (exact) mass is 165 g/mol. The van der Waals surface area contributed by atoms with E-state index in [2.05, 4.69) is 21.0 Å². The van der Waals surface area contributed by atoms with Crippen LogP contribution in [0.4, 0.5) is 0 Å². The zero-order valence-electron chi connectivity index (χ0n) is 7.81. The summed E-state index contributed by atoms with van der Waals surface area (Å²) in [5.41, 5.74) is 0. The van der Waals surface area contributed by atoms with E-state index in [4.69, 9.17) is 0 Å². The van der Waals surface area contributed by atoms with Crippen molar-refractivity contribution in [3.05, 3.63) is 12.3 Å². The molecule has 0 bridgehead atoms. The summed E-state index contributed by atoms with van der Waals surface area (Å²) in [5, 5.41) is 0. The van der Waals surface area contributed by atoms with Gasteiger partial charge >= 0.3 is 0 Å². The zero-order valence-corrected chi connectivity index (χ0v) is 7.81. The lowest BCUT2D eigenvalue weighted by molar-refractivity contribution is 0.345. The largest absolute Gasteiger partial charge is 0.359 e. The molecule has 2 heterocycles. The van der Waals surface area contributed by atoms with Crippen LogP contribution in [0, 0.1) is 5.92 Å². The van der Waals surface area contributed by atoms with Gasteiger partial charge in [-0.2, -0.15) is 0 Å². The van der Waals surface area contributed by atoms with E-state index in [1.165, 1.54) is 0 Å². The molecular formula is C9H15N3. The van der Waals surface area contributed by atoms with Crippen LogP contribution < -0.4 is 0 Å². The van der Waals surface area contributed by atoms with Crippen LogP contribution in [0.15, 0.2) is 22.3 Å². The number of aliphatic imine (C=N–C) groups is 2. The number of fused-ring (bicyclic) bond motifs is 1. The molecule has 3 heteroatoms. The summed E-state index contributed by atoms with van der Waals surface area (Å²) in [6.07, 6.45) is 7.98. The summed E-state index contributed by atoms with van der Waals surface area (Å²) >= 11 is 0. The van der Waals surface area contributed by atoms with Gasteiger partial charge in [-0.25, -0.2) is 9.98 Å². The Labute approximate surface area is 73.5 Å². The van der Waals surface area contributed by atoms with E-state index < -0.39 is 0 Å². The highest BCUT2D eigenvalue weighted by Gasteiger charge is 2.25. The number of rotatable bonds is 0. The Morgan fingerprint density at radius 3 is 2.75 bits per heavy atom. The zero-order chi connectivity index (χ0) is 8.97. The highest BCUT2D eigenvalue weighted by atomic mass is 15.2. The van der Waals surface area contributed by atoms with Crippen LogP contribution in [0.1, 0.15) is 13.8 Å². The van der Waals surface area contributed by atoms with Crippen LogP contribution in [-0.4, -0.2) is 30.7 Å². The Hall–Kier alpha value is -1.12. The first-order chi connectivity index (χ1) is 5.88. The van der Waals surface area contributed by atoms with Gasteiger partial charge in [-0.05, 0) is 6.20 Å². The molecule has 2 aliphatic rings. The lowest BCUT2D eigenvalue weighted by Gasteiger charge is -2.21. The van der Waals surface area contributed by atoms with Gasteiger partial charge in [0.2, 0.25) is 0 Å². The molecule has 0 amide bonds. The minimum atomic E-state index is 0.275. The molecule has 0 saturated carbocycles. The van der Waals surface area contributed by atoms with Crippen LogP contribution in [0.2, 0.25) is 0 Å². The van der Waals surface area contributed by atoms with Crippen molar-refractivity contribution in [3.8, 4) is 0 Å². The van der Waals surface area contributed by atoms with E-state index in [1.807, 2.05) is 33.3 Å². The van der Waals surface area contributed by atoms with Crippen LogP contribution in [-0.2, 0) is 0 Å². The van der Waals surface area contributed by atoms with E-state index in [9.17, 15) is 0 Å². The van der Waals surface area contributed by atoms with Gasteiger partial charge < -0.3 is 4.90 Å². The first-order valence-corrected chi connectivity index (χ1v) is 4.33. The smallest absolute Gasteiger partial charge is 0.133 e. The molecule has 2 unspecified atom stereocenters. The average Bonchev–Trinajstić information content (AvgIpc) is 2.53. The van der Waals surface area contributed by atoms with Gasteiger partial charge in [0.1, 0.15) is 12.5 Å². The van der Waals surface area contributed by atoms with Crippen molar-refractivity contribution in [2.24, 2.45) is 15.9 Å². The summed E-state index contributed by atoms with van der Waals surface area (Å²) in [6.45, 7) is 4.00. The van der Waals surface area contributed by atoms with Crippen molar-refractivity contribution in [3.63, 3.8) is 0 Å². The molecule has 12 heavy (non-hydrogen) atoms. The first-order valence-electron chi connectivity index (χ1n) is 4.33. The Morgan fingerprint density at radius 1 is 1.33 bits per heavy atom. The highest BCUT2D eigenvalue weighted by molar-refractivity contribution is 5.78. The van der Waals surface area contributed by atoms with E-state index >= 15 is 0 Å². The molecule has 2 aliphatic heterocycles. The van der Waals surface area contributed by atoms with Gasteiger partial charge in [-0.1, -0.05) is 19.9 Å². The summed E-state index contributed by atoms with van der Waals surface area (Å²) in [6, 6.07) is 0. The molecule has 0 aromatic rings. The topological polar surface area (TPSA) is 28.0 Å². The molecule has 2 atom stereocenters. The predicted octanol–water partition coefficient (Wildman–Crippen LogP) is 1.53. The molecule has 0 fully saturated rings. The van der Waals surface area contributed by atoms with E-state index in [0.29, 0.717) is 5.92 Å². The van der Waals surface area contributed by atoms with Gasteiger partial charge in [0.25, 0.3) is 0 Å². The van der Waals surface area contributed by atoms with Crippen molar-refractivity contribution in [2.75, 3.05) is 7.05 Å². The summed E-state index contributed by atoms with van der Waals surface area (Å²) in [5.74, 6) is 0.398. The lowest BCUT2D eigenvalue weighted by atomic mass is 10.1. The second-order valence-corrected chi connectivity index (χ2v) is 2.56. The quantitative estimate of drug-likeness (QED) is 0.535. The fraction of sp³-hybridized carbons (Fsp3) is 0.556. The van der Waals surface area contributed by atoms with E-state index in [-0.39, 0.29) is 6.17 Å². The maximum absolute atomic E-state index is 4.21. The molecule has 3 nitrogen and oxygen atoms in total. The first kappa shape index (κ1) is 8.97. The lowest BCUT2D eigenvalue weighted by Crippen LogP contribution is -2.29. The maximum Gasteiger partial charge on any atom is 0.133 e. The standard InChI is InChI=1S/C7H9N3.C2H6/c1-10-3-2-6-4-8-5-9-7(6)10;1-2/h2-7H,1H3;1-2H3. The highest BCUT2D eigenvalue weighted by Crippen LogP contribution is 2.20. The van der Waals surface area contributed by atoms with Crippen LogP contribution in [0.5, 0.6) is 0 Å². The Morgan fingerprint density at radius 2 is 2.08 bits per heavy atom. The molecule has 2 rings (SSSR count). The molecular weight excluding hydrogens is 150 g/mol. The number of hydrogen-bond acceptors (Lipinski definition) is 3. The normalized spacial score (nSPS) is 29.8. The van der Waals surface area contributed by atoms with Crippen molar-refractivity contribution >= 4 is 12.6 Å². The van der Waals surface area contributed by atoms with Crippen molar-refractivity contribution in [2.45, 2.75) is 20.0 Å². The minimum Gasteiger partial charge on any atom is -0.359 e. The molecule has 0 N–H and O–H groups in total. The van der Waals surface area contributed by atoms with Crippen molar-refractivity contribution < 1.29 is 0 Å². The Kier molecular flexibility index (Phi) is 3.02. The summed E-state index contributed by atoms with van der Waals surface area (Å²) < 4.78 is 0. The Balaban J connectivity index is 0.000000336. The van der Waals surface area contributed by atoms with Crippen LogP contribution in [0.25, 0.3) is 0 Å². The molecule has 0 saturated heterocycles. The molecule has 0 aromatic heterocycles. The molecule has 0 spiro atoms. The predicted molar refractivity (Wildman–Crippen MR) is 52.5 cm³/mol. The van der Waals surface area contributed by atoms with Gasteiger partial charge in [-0.3, -0.25) is 0 Å². The third kappa shape index (κ3) is 1.55. The van der Waals surface area contributed by atoms with Gasteiger partial charge in [0.15, 0.2) is 0 Å². The average molecular weight is 165 g/mol. The van der Waals surface area contributed by atoms with Crippen molar-refractivity contribution in [1.82, 2.24) is 4.90 Å². The van der Waals surface area contributed by atoms with Gasteiger partial charge in [0.05, 0.1) is 5.92 Å². The SMILES string of the molecule is CC.CN1C=CC2C=NC=NC21. The second-order valence-electron chi connectivity index (χ2n) is 2.56. The van der Waals surface area contributed by atoms with Crippen LogP contribution >= 0.6 is 0 Å². The van der Waals surface area contributed by atoms with Crippen molar-refractivity contribution in [1.29, 1.82) is 0 Å². The van der Waals surface area contributed by atoms with Gasteiger partial charge in [0, 0.05) is 13.3 Å². The number of nitrogens with zero attached hydrogens (tertiary/aromatic N) is 3. The second kappa shape index (κ2) is 4.04. The van der Waals surface area contributed by atoms with Gasteiger partial charge in [-0.15, -0.1) is 0 Å². The fourth-order valence-electron chi connectivity index (χ4n) is 1.27. The third-order valence-electron chi connectivity index (χ3n) is 1.85. The fourth-order valence-corrected chi connectivity index (χ4v) is 1.27. The van der Waals surface area contributed by atoms with E-state index in [1.54, 1.807) is 6.34 Å². The summed E-state index contributed by atoms with van der Waals surface area (Å²) in [4.78, 5) is 10.3.